The number of para-hydroxylation sites is 1. The molecule has 0 spiro atoms. The first-order valence-corrected chi connectivity index (χ1v) is 15.2. The Kier molecular flexibility index (Phi) is 9.55. The van der Waals surface area contributed by atoms with Gasteiger partial charge in [-0.05, 0) is 54.4 Å². The zero-order valence-corrected chi connectivity index (χ0v) is 25.3. The zero-order valence-electron chi connectivity index (χ0n) is 24.5. The number of nitrogens with one attached hydrogen (secondary N) is 1. The van der Waals surface area contributed by atoms with Crippen molar-refractivity contribution in [1.82, 2.24) is 14.1 Å². The number of rotatable bonds is 7. The van der Waals surface area contributed by atoms with E-state index in [9.17, 15) is 23.1 Å². The van der Waals surface area contributed by atoms with Gasteiger partial charge in [-0.3, -0.25) is 4.79 Å². The van der Waals surface area contributed by atoms with E-state index in [0.29, 0.717) is 16.8 Å². The molecule has 2 N–H and O–H groups in total. The van der Waals surface area contributed by atoms with Crippen molar-refractivity contribution in [1.29, 1.82) is 0 Å². The molecule has 0 fully saturated rings. The number of nitrogens with zero attached hydrogens (tertiary/aromatic N) is 3. The summed E-state index contributed by atoms with van der Waals surface area (Å²) in [5.41, 5.74) is 2.54. The van der Waals surface area contributed by atoms with Gasteiger partial charge in [0.25, 0.3) is 5.91 Å². The molecule has 0 unspecified atom stereocenters. The van der Waals surface area contributed by atoms with E-state index in [1.807, 2.05) is 31.2 Å². The van der Waals surface area contributed by atoms with Crippen LogP contribution >= 0.6 is 0 Å². The first kappa shape index (κ1) is 31.0. The van der Waals surface area contributed by atoms with Gasteiger partial charge < -0.3 is 25.0 Å². The van der Waals surface area contributed by atoms with E-state index in [4.69, 9.17) is 4.74 Å². The van der Waals surface area contributed by atoms with Crippen molar-refractivity contribution in [2.45, 2.75) is 30.9 Å². The number of aliphatic hydroxyl groups is 1. The Balaban J connectivity index is 1.72. The Labute approximate surface area is 247 Å². The van der Waals surface area contributed by atoms with E-state index >= 15 is 0 Å². The van der Waals surface area contributed by atoms with Crippen molar-refractivity contribution in [3.05, 3.63) is 78.4 Å². The standard InChI is InChI=1S/C31H38N4O6S/c1-21-18-35(22(2)20-36)42(39,40)29-15-14-24(23-10-9-11-25(16-23)30(37)33(3)4)17-27(29)41-28(21)19-34(5)31(38)32-26-12-7-6-8-13-26/h6-17,21-22,28,36H,18-20H2,1-5H3,(H,32,38)/t21-,22+,28-/m1/s1. The lowest BCUT2D eigenvalue weighted by Crippen LogP contribution is -2.50. The van der Waals surface area contributed by atoms with Crippen molar-refractivity contribution < 1.29 is 27.9 Å². The molecule has 0 bridgehead atoms. The van der Waals surface area contributed by atoms with Gasteiger partial charge >= 0.3 is 6.03 Å². The zero-order chi connectivity index (χ0) is 30.6. The first-order valence-electron chi connectivity index (χ1n) is 13.7. The fourth-order valence-electron chi connectivity index (χ4n) is 4.81. The molecular formula is C31H38N4O6S. The van der Waals surface area contributed by atoms with Crippen LogP contribution in [0.1, 0.15) is 24.2 Å². The third-order valence-corrected chi connectivity index (χ3v) is 9.36. The number of urea groups is 1. The van der Waals surface area contributed by atoms with Crippen LogP contribution in [0, 0.1) is 5.92 Å². The van der Waals surface area contributed by atoms with E-state index in [2.05, 4.69) is 5.32 Å². The van der Waals surface area contributed by atoms with E-state index in [1.165, 1.54) is 20.2 Å². The third kappa shape index (κ3) is 6.75. The quantitative estimate of drug-likeness (QED) is 0.427. The molecule has 3 aromatic rings. The van der Waals surface area contributed by atoms with Gasteiger partial charge in [-0.1, -0.05) is 43.3 Å². The number of hydrogen-bond acceptors (Lipinski definition) is 6. The number of hydrogen-bond donors (Lipinski definition) is 2. The third-order valence-electron chi connectivity index (χ3n) is 7.34. The highest BCUT2D eigenvalue weighted by Gasteiger charge is 2.38. The van der Waals surface area contributed by atoms with Gasteiger partial charge in [0.05, 0.1) is 13.2 Å². The van der Waals surface area contributed by atoms with Crippen LogP contribution in [0.2, 0.25) is 0 Å². The lowest BCUT2D eigenvalue weighted by atomic mass is 10.0. The highest BCUT2D eigenvalue weighted by atomic mass is 32.2. The highest BCUT2D eigenvalue weighted by Crippen LogP contribution is 2.37. The molecule has 4 rings (SSSR count). The summed E-state index contributed by atoms with van der Waals surface area (Å²) in [5, 5.41) is 12.8. The number of amides is 3. The average molecular weight is 595 g/mol. The summed E-state index contributed by atoms with van der Waals surface area (Å²) in [5.74, 6) is -0.347. The minimum absolute atomic E-state index is 0.0274. The number of aliphatic hydroxyl groups excluding tert-OH is 1. The monoisotopic (exact) mass is 594 g/mol. The number of likely N-dealkylation sites (N-methyl/N-ethyl adjacent to an activating group) is 1. The molecule has 42 heavy (non-hydrogen) atoms. The average Bonchev–Trinajstić information content (AvgIpc) is 2.98. The van der Waals surface area contributed by atoms with Crippen LogP contribution in [0.15, 0.2) is 77.7 Å². The molecule has 1 aliphatic heterocycles. The summed E-state index contributed by atoms with van der Waals surface area (Å²) in [6, 6.07) is 20.0. The van der Waals surface area contributed by atoms with Gasteiger partial charge in [0, 0.05) is 50.9 Å². The predicted octanol–water partition coefficient (Wildman–Crippen LogP) is 3.99. The molecule has 1 aliphatic rings. The Morgan fingerprint density at radius 1 is 1.02 bits per heavy atom. The summed E-state index contributed by atoms with van der Waals surface area (Å²) < 4.78 is 35.4. The van der Waals surface area contributed by atoms with Gasteiger partial charge in [0.1, 0.15) is 16.7 Å². The lowest BCUT2D eigenvalue weighted by Gasteiger charge is -2.37. The van der Waals surface area contributed by atoms with Gasteiger partial charge in [-0.25, -0.2) is 13.2 Å². The molecule has 0 aromatic heterocycles. The minimum atomic E-state index is -4.03. The largest absolute Gasteiger partial charge is 0.487 e. The second kappa shape index (κ2) is 12.9. The fourth-order valence-corrected chi connectivity index (χ4v) is 6.63. The van der Waals surface area contributed by atoms with E-state index in [1.54, 1.807) is 70.5 Å². The summed E-state index contributed by atoms with van der Waals surface area (Å²) in [6.45, 7) is 3.45. The van der Waals surface area contributed by atoms with Crippen LogP contribution in [-0.4, -0.2) is 92.6 Å². The highest BCUT2D eigenvalue weighted by molar-refractivity contribution is 7.89. The molecule has 3 aromatic carbocycles. The summed E-state index contributed by atoms with van der Waals surface area (Å²) >= 11 is 0. The van der Waals surface area contributed by atoms with Crippen LogP contribution in [0.4, 0.5) is 10.5 Å². The van der Waals surface area contributed by atoms with Crippen molar-refractivity contribution in [3.63, 3.8) is 0 Å². The number of carbonyl (C=O) groups is 2. The maximum absolute atomic E-state index is 13.8. The van der Waals surface area contributed by atoms with Crippen LogP contribution in [0.5, 0.6) is 5.75 Å². The number of sulfonamides is 1. The van der Waals surface area contributed by atoms with Crippen molar-refractivity contribution in [2.75, 3.05) is 46.2 Å². The fraction of sp³-hybridized carbons (Fsp3) is 0.355. The van der Waals surface area contributed by atoms with Crippen molar-refractivity contribution in [2.24, 2.45) is 5.92 Å². The van der Waals surface area contributed by atoms with Crippen LogP contribution < -0.4 is 10.1 Å². The smallest absolute Gasteiger partial charge is 0.321 e. The SMILES string of the molecule is C[C@@H]1CN([C@@H](C)CO)S(=O)(=O)c2ccc(-c3cccc(C(=O)N(C)C)c3)cc2O[C@@H]1CN(C)C(=O)Nc1ccccc1. The normalized spacial score (nSPS) is 18.9. The number of carbonyl (C=O) groups excluding carboxylic acids is 2. The van der Waals surface area contributed by atoms with E-state index < -0.39 is 22.2 Å². The van der Waals surface area contributed by atoms with Crippen LogP contribution in [-0.2, 0) is 10.0 Å². The van der Waals surface area contributed by atoms with Crippen LogP contribution in [0.3, 0.4) is 0 Å². The first-order chi connectivity index (χ1) is 19.9. The molecule has 3 atom stereocenters. The topological polar surface area (TPSA) is 119 Å². The summed E-state index contributed by atoms with van der Waals surface area (Å²) in [7, 11) is 0.977. The maximum Gasteiger partial charge on any atom is 0.321 e. The summed E-state index contributed by atoms with van der Waals surface area (Å²) in [6.07, 6.45) is -0.573. The lowest BCUT2D eigenvalue weighted by molar-refractivity contribution is 0.0827. The van der Waals surface area contributed by atoms with Crippen molar-refractivity contribution >= 4 is 27.6 Å². The van der Waals surface area contributed by atoms with E-state index in [-0.39, 0.29) is 48.2 Å². The molecule has 224 valence electrons. The molecule has 10 nitrogen and oxygen atoms in total. The molecule has 0 radical (unpaired) electrons. The number of fused-ring (bicyclic) bond motifs is 1. The summed E-state index contributed by atoms with van der Waals surface area (Å²) in [4.78, 5) is 28.5. The Bertz CT molecular complexity index is 1530. The molecular weight excluding hydrogens is 556 g/mol. The van der Waals surface area contributed by atoms with Gasteiger partial charge in [0.15, 0.2) is 0 Å². The Hall–Kier alpha value is -3.93. The number of ether oxygens (including phenoxy) is 1. The maximum atomic E-state index is 13.8. The molecule has 11 heteroatoms. The number of benzene rings is 3. The Morgan fingerprint density at radius 3 is 2.38 bits per heavy atom. The van der Waals surface area contributed by atoms with Crippen LogP contribution in [0.25, 0.3) is 11.1 Å². The Morgan fingerprint density at radius 2 is 1.71 bits per heavy atom. The predicted molar refractivity (Wildman–Crippen MR) is 162 cm³/mol. The van der Waals surface area contributed by atoms with E-state index in [0.717, 1.165) is 5.56 Å². The molecule has 0 saturated heterocycles. The van der Waals surface area contributed by atoms with Gasteiger partial charge in [-0.2, -0.15) is 4.31 Å². The minimum Gasteiger partial charge on any atom is -0.487 e. The van der Waals surface area contributed by atoms with Gasteiger partial charge in [-0.15, -0.1) is 0 Å². The molecule has 0 aliphatic carbocycles. The molecule has 1 heterocycles. The molecule has 0 saturated carbocycles. The number of anilines is 1. The second-order valence-corrected chi connectivity index (χ2v) is 12.7. The second-order valence-electron chi connectivity index (χ2n) is 10.9. The van der Waals surface area contributed by atoms with Crippen molar-refractivity contribution in [3.8, 4) is 16.9 Å². The molecule has 3 amide bonds. The van der Waals surface area contributed by atoms with Gasteiger partial charge in [0.2, 0.25) is 10.0 Å².